The van der Waals surface area contributed by atoms with Crippen LogP contribution in [0.2, 0.25) is 0 Å². The summed E-state index contributed by atoms with van der Waals surface area (Å²) in [5.74, 6) is 0. The lowest BCUT2D eigenvalue weighted by Crippen LogP contribution is -2.05. The molecule has 3 nitrogen and oxygen atoms in total. The minimum Gasteiger partial charge on any atom is -0.319 e. The van der Waals surface area contributed by atoms with Crippen molar-refractivity contribution in [2.75, 3.05) is 13.6 Å². The normalized spacial score (nSPS) is 11.3. The first kappa shape index (κ1) is 11.0. The Hall–Kier alpha value is -1.09. The molecule has 0 aliphatic rings. The van der Waals surface area contributed by atoms with Gasteiger partial charge in [0.05, 0.1) is 0 Å². The largest absolute Gasteiger partial charge is 0.319 e. The van der Waals surface area contributed by atoms with E-state index in [-0.39, 0.29) is 0 Å². The fourth-order valence-corrected chi connectivity index (χ4v) is 1.34. The van der Waals surface area contributed by atoms with Crippen molar-refractivity contribution in [3.8, 4) is 0 Å². The number of aromatic nitrogens is 2. The Morgan fingerprint density at radius 1 is 1.43 bits per heavy atom. The van der Waals surface area contributed by atoms with E-state index >= 15 is 0 Å². The van der Waals surface area contributed by atoms with Gasteiger partial charge in [-0.3, -0.25) is 4.68 Å². The molecule has 0 atom stereocenters. The SMILES string of the molecule is CNCC/C=C/CCc1ccnn1C. The minimum atomic E-state index is 1.06. The molecule has 0 unspecified atom stereocenters. The predicted octanol–water partition coefficient (Wildman–Crippen LogP) is 1.52. The quantitative estimate of drug-likeness (QED) is 0.548. The molecule has 0 aliphatic heterocycles. The van der Waals surface area contributed by atoms with Gasteiger partial charge >= 0.3 is 0 Å². The van der Waals surface area contributed by atoms with Gasteiger partial charge in [-0.15, -0.1) is 0 Å². The molecule has 0 saturated heterocycles. The summed E-state index contributed by atoms with van der Waals surface area (Å²) in [6.45, 7) is 1.06. The molecule has 0 aromatic carbocycles. The average Bonchev–Trinajstić information content (AvgIpc) is 2.58. The zero-order valence-electron chi connectivity index (χ0n) is 9.03. The lowest BCUT2D eigenvalue weighted by atomic mass is 10.2. The Morgan fingerprint density at radius 3 is 2.86 bits per heavy atom. The molecular formula is C11H19N3. The first-order chi connectivity index (χ1) is 6.84. The fourth-order valence-electron chi connectivity index (χ4n) is 1.34. The summed E-state index contributed by atoms with van der Waals surface area (Å²) < 4.78 is 1.93. The molecule has 0 saturated carbocycles. The van der Waals surface area contributed by atoms with Crippen LogP contribution in [0.15, 0.2) is 24.4 Å². The highest BCUT2D eigenvalue weighted by molar-refractivity contribution is 5.01. The van der Waals surface area contributed by atoms with Crippen molar-refractivity contribution in [1.29, 1.82) is 0 Å². The van der Waals surface area contributed by atoms with E-state index in [4.69, 9.17) is 0 Å². The van der Waals surface area contributed by atoms with Crippen LogP contribution in [0.5, 0.6) is 0 Å². The van der Waals surface area contributed by atoms with Gasteiger partial charge in [-0.2, -0.15) is 5.10 Å². The number of hydrogen-bond acceptors (Lipinski definition) is 2. The Kier molecular flexibility index (Phi) is 5.00. The van der Waals surface area contributed by atoms with Crippen molar-refractivity contribution in [2.24, 2.45) is 7.05 Å². The first-order valence-corrected chi connectivity index (χ1v) is 5.11. The van der Waals surface area contributed by atoms with Gasteiger partial charge in [0.2, 0.25) is 0 Å². The van der Waals surface area contributed by atoms with Crippen LogP contribution < -0.4 is 5.32 Å². The van der Waals surface area contributed by atoms with Crippen molar-refractivity contribution in [3.63, 3.8) is 0 Å². The van der Waals surface area contributed by atoms with Gasteiger partial charge < -0.3 is 5.32 Å². The highest BCUT2D eigenvalue weighted by Gasteiger charge is 1.94. The molecule has 0 amide bonds. The number of hydrogen-bond donors (Lipinski definition) is 1. The molecule has 1 aromatic rings. The van der Waals surface area contributed by atoms with Crippen molar-refractivity contribution in [2.45, 2.75) is 19.3 Å². The summed E-state index contributed by atoms with van der Waals surface area (Å²) in [5, 5.41) is 7.24. The minimum absolute atomic E-state index is 1.06. The van der Waals surface area contributed by atoms with E-state index in [1.165, 1.54) is 5.69 Å². The summed E-state index contributed by atoms with van der Waals surface area (Å²) in [4.78, 5) is 0. The smallest absolute Gasteiger partial charge is 0.0492 e. The number of nitrogens with one attached hydrogen (secondary N) is 1. The standard InChI is InChI=1S/C11H19N3/c1-12-9-6-4-3-5-7-11-8-10-13-14(11)2/h3-4,8,10,12H,5-7,9H2,1-2H3/b4-3+. The van der Waals surface area contributed by atoms with E-state index in [9.17, 15) is 0 Å². The van der Waals surface area contributed by atoms with Crippen LogP contribution >= 0.6 is 0 Å². The van der Waals surface area contributed by atoms with Crippen LogP contribution in [-0.2, 0) is 13.5 Å². The van der Waals surface area contributed by atoms with Crippen LogP contribution in [0.1, 0.15) is 18.5 Å². The molecule has 14 heavy (non-hydrogen) atoms. The number of allylic oxidation sites excluding steroid dienone is 1. The zero-order chi connectivity index (χ0) is 10.2. The first-order valence-electron chi connectivity index (χ1n) is 5.11. The van der Waals surface area contributed by atoms with E-state index in [1.54, 1.807) is 0 Å². The summed E-state index contributed by atoms with van der Waals surface area (Å²) in [7, 11) is 3.96. The molecule has 1 heterocycles. The molecular weight excluding hydrogens is 174 g/mol. The maximum atomic E-state index is 4.13. The van der Waals surface area contributed by atoms with Gasteiger partial charge in [0, 0.05) is 18.9 Å². The average molecular weight is 193 g/mol. The predicted molar refractivity (Wildman–Crippen MR) is 59.2 cm³/mol. The number of aryl methyl sites for hydroxylation is 2. The van der Waals surface area contributed by atoms with E-state index in [2.05, 4.69) is 28.6 Å². The van der Waals surface area contributed by atoms with Gasteiger partial charge in [0.25, 0.3) is 0 Å². The van der Waals surface area contributed by atoms with Crippen molar-refractivity contribution in [1.82, 2.24) is 15.1 Å². The molecule has 0 spiro atoms. The maximum Gasteiger partial charge on any atom is 0.0492 e. The second-order valence-electron chi connectivity index (χ2n) is 3.35. The monoisotopic (exact) mass is 193 g/mol. The molecule has 1 aromatic heterocycles. The van der Waals surface area contributed by atoms with Crippen molar-refractivity contribution >= 4 is 0 Å². The molecule has 78 valence electrons. The second kappa shape index (κ2) is 6.38. The molecule has 1 rings (SSSR count). The van der Waals surface area contributed by atoms with Gasteiger partial charge in [0.15, 0.2) is 0 Å². The Labute approximate surface area is 85.8 Å². The number of rotatable bonds is 6. The van der Waals surface area contributed by atoms with E-state index < -0.39 is 0 Å². The summed E-state index contributed by atoms with van der Waals surface area (Å²) >= 11 is 0. The Balaban J connectivity index is 2.15. The van der Waals surface area contributed by atoms with Crippen LogP contribution in [-0.4, -0.2) is 23.4 Å². The van der Waals surface area contributed by atoms with E-state index in [1.807, 2.05) is 25.0 Å². The van der Waals surface area contributed by atoms with Gasteiger partial charge in [-0.1, -0.05) is 12.2 Å². The lowest BCUT2D eigenvalue weighted by molar-refractivity contribution is 0.706. The second-order valence-corrected chi connectivity index (χ2v) is 3.35. The molecule has 0 aliphatic carbocycles. The van der Waals surface area contributed by atoms with Gasteiger partial charge in [-0.05, 0) is 38.9 Å². The van der Waals surface area contributed by atoms with Crippen LogP contribution in [0, 0.1) is 0 Å². The lowest BCUT2D eigenvalue weighted by Gasteiger charge is -1.98. The van der Waals surface area contributed by atoms with Gasteiger partial charge in [0.1, 0.15) is 0 Å². The highest BCUT2D eigenvalue weighted by Crippen LogP contribution is 2.01. The fraction of sp³-hybridized carbons (Fsp3) is 0.545. The Morgan fingerprint density at radius 2 is 2.21 bits per heavy atom. The number of nitrogens with zero attached hydrogens (tertiary/aromatic N) is 2. The zero-order valence-corrected chi connectivity index (χ0v) is 9.03. The third kappa shape index (κ3) is 3.75. The summed E-state index contributed by atoms with van der Waals surface area (Å²) in [6.07, 6.45) is 9.61. The van der Waals surface area contributed by atoms with E-state index in [0.29, 0.717) is 0 Å². The molecule has 1 N–H and O–H groups in total. The van der Waals surface area contributed by atoms with E-state index in [0.717, 1.165) is 25.8 Å². The maximum absolute atomic E-state index is 4.13. The van der Waals surface area contributed by atoms with Crippen molar-refractivity contribution < 1.29 is 0 Å². The highest BCUT2D eigenvalue weighted by atomic mass is 15.2. The van der Waals surface area contributed by atoms with Crippen molar-refractivity contribution in [3.05, 3.63) is 30.1 Å². The summed E-state index contributed by atoms with van der Waals surface area (Å²) in [6, 6.07) is 2.07. The Bertz CT molecular complexity index is 276. The van der Waals surface area contributed by atoms with Crippen LogP contribution in [0.3, 0.4) is 0 Å². The third-order valence-electron chi connectivity index (χ3n) is 2.22. The molecule has 0 radical (unpaired) electrons. The molecule has 0 bridgehead atoms. The third-order valence-corrected chi connectivity index (χ3v) is 2.22. The molecule has 3 heteroatoms. The summed E-state index contributed by atoms with van der Waals surface area (Å²) in [5.41, 5.74) is 1.29. The van der Waals surface area contributed by atoms with Crippen LogP contribution in [0.25, 0.3) is 0 Å². The topological polar surface area (TPSA) is 29.9 Å². The molecule has 0 fully saturated rings. The van der Waals surface area contributed by atoms with Gasteiger partial charge in [-0.25, -0.2) is 0 Å². The van der Waals surface area contributed by atoms with Crippen LogP contribution in [0.4, 0.5) is 0 Å².